The van der Waals surface area contributed by atoms with Crippen LogP contribution in [0.25, 0.3) is 49.0 Å². The van der Waals surface area contributed by atoms with Gasteiger partial charge in [-0.1, -0.05) is 44.2 Å². The molecule has 0 aliphatic carbocycles. The molecule has 148 valence electrons. The Bertz CT molecular complexity index is 1620. The number of hydrogen-bond donors (Lipinski definition) is 0. The van der Waals surface area contributed by atoms with Crippen LogP contribution < -0.4 is 4.57 Å². The Morgan fingerprint density at radius 3 is 2.47 bits per heavy atom. The van der Waals surface area contributed by atoms with E-state index in [1.165, 1.54) is 32.9 Å². The normalized spacial score (nSPS) is 12.6. The van der Waals surface area contributed by atoms with Crippen molar-refractivity contribution in [1.82, 2.24) is 4.40 Å². The Labute approximate surface area is 174 Å². The third-order valence-corrected chi connectivity index (χ3v) is 6.55. The summed E-state index contributed by atoms with van der Waals surface area (Å²) in [6.45, 7) is 6.55. The van der Waals surface area contributed by atoms with Gasteiger partial charge in [0.15, 0.2) is 6.20 Å². The first-order valence-electron chi connectivity index (χ1n) is 10.6. The van der Waals surface area contributed by atoms with E-state index in [-0.39, 0.29) is 5.82 Å². The van der Waals surface area contributed by atoms with Gasteiger partial charge in [-0.2, -0.15) is 4.57 Å². The fourth-order valence-corrected chi connectivity index (χ4v) is 5.43. The molecule has 3 heterocycles. The molecule has 3 heteroatoms. The second kappa shape index (κ2) is 5.91. The van der Waals surface area contributed by atoms with Crippen molar-refractivity contribution in [3.63, 3.8) is 0 Å². The van der Waals surface area contributed by atoms with Crippen LogP contribution >= 0.6 is 0 Å². The summed E-state index contributed by atoms with van der Waals surface area (Å²) in [6.07, 6.45) is 3.15. The van der Waals surface area contributed by atoms with Crippen LogP contribution in [-0.4, -0.2) is 4.40 Å². The molecule has 0 amide bonds. The zero-order chi connectivity index (χ0) is 20.7. The Balaban J connectivity index is 2.05. The molecule has 0 unspecified atom stereocenters. The molecule has 6 aromatic rings. The Kier molecular flexibility index (Phi) is 3.48. The van der Waals surface area contributed by atoms with Crippen molar-refractivity contribution in [1.29, 1.82) is 0 Å². The van der Waals surface area contributed by atoms with Crippen LogP contribution in [0.2, 0.25) is 0 Å². The molecular weight excluding hydrogens is 371 g/mol. The number of aromatic nitrogens is 2. The van der Waals surface area contributed by atoms with Crippen LogP contribution in [0.4, 0.5) is 4.39 Å². The minimum Gasteiger partial charge on any atom is -0.303 e. The molecule has 0 aliphatic heterocycles. The first kappa shape index (κ1) is 17.6. The van der Waals surface area contributed by atoms with Gasteiger partial charge in [-0.05, 0) is 42.5 Å². The molecule has 0 N–H and O–H groups in total. The summed E-state index contributed by atoms with van der Waals surface area (Å²) in [5.74, 6) is 0.411. The molecule has 0 atom stereocenters. The van der Waals surface area contributed by atoms with E-state index < -0.39 is 0 Å². The second-order valence-corrected chi connectivity index (χ2v) is 9.03. The van der Waals surface area contributed by atoms with Crippen molar-refractivity contribution in [3.8, 4) is 0 Å². The number of pyridine rings is 2. The van der Waals surface area contributed by atoms with Crippen molar-refractivity contribution >= 4 is 49.0 Å². The van der Waals surface area contributed by atoms with Gasteiger partial charge in [-0.15, -0.1) is 0 Å². The van der Waals surface area contributed by atoms with Crippen molar-refractivity contribution in [3.05, 3.63) is 71.7 Å². The highest BCUT2D eigenvalue weighted by atomic mass is 19.1. The lowest BCUT2D eigenvalue weighted by Crippen LogP contribution is -2.29. The lowest BCUT2D eigenvalue weighted by molar-refractivity contribution is -0.644. The zero-order valence-corrected chi connectivity index (χ0v) is 17.8. The fourth-order valence-electron chi connectivity index (χ4n) is 5.43. The summed E-state index contributed by atoms with van der Waals surface area (Å²) in [4.78, 5) is 0. The average molecular weight is 396 g/mol. The molecule has 3 aromatic carbocycles. The molecule has 0 saturated heterocycles. The van der Waals surface area contributed by atoms with Crippen LogP contribution in [0.5, 0.6) is 0 Å². The molecule has 0 radical (unpaired) electrons. The van der Waals surface area contributed by atoms with Crippen molar-refractivity contribution in [2.45, 2.75) is 27.2 Å². The monoisotopic (exact) mass is 395 g/mol. The highest BCUT2D eigenvalue weighted by molar-refractivity contribution is 6.25. The summed E-state index contributed by atoms with van der Waals surface area (Å²) in [6, 6.07) is 16.6. The Morgan fingerprint density at radius 1 is 0.933 bits per heavy atom. The van der Waals surface area contributed by atoms with E-state index in [1.54, 1.807) is 6.07 Å². The van der Waals surface area contributed by atoms with Gasteiger partial charge >= 0.3 is 0 Å². The number of benzene rings is 3. The van der Waals surface area contributed by atoms with Crippen LogP contribution in [0.3, 0.4) is 0 Å². The number of fused-ring (bicyclic) bond motifs is 5. The number of rotatable bonds is 2. The molecule has 2 nitrogen and oxygen atoms in total. The lowest BCUT2D eigenvalue weighted by atomic mass is 9.97. The maximum Gasteiger partial charge on any atom is 0.238 e. The number of nitrogens with zero attached hydrogens (tertiary/aromatic N) is 2. The van der Waals surface area contributed by atoms with E-state index in [2.05, 4.69) is 66.4 Å². The van der Waals surface area contributed by atoms with Crippen molar-refractivity contribution in [2.75, 3.05) is 0 Å². The van der Waals surface area contributed by atoms with Gasteiger partial charge in [0.25, 0.3) is 0 Å². The molecule has 0 fully saturated rings. The van der Waals surface area contributed by atoms with Gasteiger partial charge in [0.2, 0.25) is 5.52 Å². The summed E-state index contributed by atoms with van der Waals surface area (Å²) in [7, 11) is 2.09. The standard InChI is InChI=1S/C27H24FN2/c1-15(2)13-17-7-5-8-18-19-11-12-29(4)27-23-16(3)14-21(28)20-9-6-10-22(24(20)23)30(25(17)18)26(19)27/h5-12,14-15H,13H2,1-4H3/q+1. The fraction of sp³-hybridized carbons (Fsp3) is 0.222. The number of para-hydroxylation sites is 1. The number of hydrogen-bond acceptors (Lipinski definition) is 0. The van der Waals surface area contributed by atoms with Gasteiger partial charge < -0.3 is 4.40 Å². The maximum atomic E-state index is 15.0. The smallest absolute Gasteiger partial charge is 0.238 e. The minimum atomic E-state index is -0.148. The van der Waals surface area contributed by atoms with Gasteiger partial charge in [0.05, 0.1) is 16.4 Å². The van der Waals surface area contributed by atoms with Crippen LogP contribution in [0.1, 0.15) is 25.0 Å². The van der Waals surface area contributed by atoms with Crippen molar-refractivity contribution < 1.29 is 8.96 Å². The zero-order valence-electron chi connectivity index (χ0n) is 17.8. The van der Waals surface area contributed by atoms with Gasteiger partial charge in [-0.25, -0.2) is 4.39 Å². The van der Waals surface area contributed by atoms with E-state index in [4.69, 9.17) is 0 Å². The molecule has 0 saturated carbocycles. The highest BCUT2D eigenvalue weighted by Gasteiger charge is 2.26. The average Bonchev–Trinajstić information content (AvgIpc) is 3.05. The number of aryl methyl sites for hydroxylation is 2. The molecule has 0 bridgehead atoms. The summed E-state index contributed by atoms with van der Waals surface area (Å²) < 4.78 is 19.6. The molecule has 6 rings (SSSR count). The van der Waals surface area contributed by atoms with E-state index in [0.29, 0.717) is 11.3 Å². The lowest BCUT2D eigenvalue weighted by Gasteiger charge is -2.14. The predicted molar refractivity (Wildman–Crippen MR) is 123 cm³/mol. The first-order valence-corrected chi connectivity index (χ1v) is 10.6. The SMILES string of the molecule is Cc1cc(F)c2cccc3c2c1c1c2c(cc[n+]1C)c1cccc(CC(C)C)c1n32. The van der Waals surface area contributed by atoms with Gasteiger partial charge in [0, 0.05) is 27.6 Å². The highest BCUT2D eigenvalue weighted by Crippen LogP contribution is 2.41. The third kappa shape index (κ3) is 2.10. The largest absolute Gasteiger partial charge is 0.303 e. The van der Waals surface area contributed by atoms with Gasteiger partial charge in [0.1, 0.15) is 18.4 Å². The molecule has 3 aromatic heterocycles. The molecule has 0 aliphatic rings. The third-order valence-electron chi connectivity index (χ3n) is 6.55. The van der Waals surface area contributed by atoms with Gasteiger partial charge in [-0.3, -0.25) is 0 Å². The van der Waals surface area contributed by atoms with Crippen LogP contribution in [0, 0.1) is 18.7 Å². The topological polar surface area (TPSA) is 8.29 Å². The molecule has 0 spiro atoms. The minimum absolute atomic E-state index is 0.148. The van der Waals surface area contributed by atoms with Crippen LogP contribution in [-0.2, 0) is 13.5 Å². The first-order chi connectivity index (χ1) is 14.5. The Morgan fingerprint density at radius 2 is 1.67 bits per heavy atom. The second-order valence-electron chi connectivity index (χ2n) is 9.03. The molecule has 30 heavy (non-hydrogen) atoms. The summed E-state index contributed by atoms with van der Waals surface area (Å²) >= 11 is 0. The van der Waals surface area contributed by atoms with E-state index in [9.17, 15) is 0 Å². The number of halogens is 1. The van der Waals surface area contributed by atoms with E-state index in [1.807, 2.05) is 19.1 Å². The predicted octanol–water partition coefficient (Wildman–Crippen LogP) is 6.46. The summed E-state index contributed by atoms with van der Waals surface area (Å²) in [5, 5.41) is 5.39. The van der Waals surface area contributed by atoms with Crippen LogP contribution in [0.15, 0.2) is 54.7 Å². The molecular formula is C27H24FN2+. The summed E-state index contributed by atoms with van der Waals surface area (Å²) in [5.41, 5.74) is 7.06. The Hall–Kier alpha value is -3.20. The van der Waals surface area contributed by atoms with E-state index >= 15 is 4.39 Å². The maximum absolute atomic E-state index is 15.0. The van der Waals surface area contributed by atoms with E-state index in [0.717, 1.165) is 28.3 Å². The van der Waals surface area contributed by atoms with Crippen molar-refractivity contribution in [2.24, 2.45) is 13.0 Å². The quantitative estimate of drug-likeness (QED) is 0.181.